The minimum atomic E-state index is -0.302. The zero-order valence-electron chi connectivity index (χ0n) is 18.4. The van der Waals surface area contributed by atoms with Crippen LogP contribution in [-0.4, -0.2) is 41.5 Å². The number of piperidine rings is 1. The average molecular weight is 447 g/mol. The quantitative estimate of drug-likeness (QED) is 0.541. The lowest BCUT2D eigenvalue weighted by atomic mass is 9.96. The van der Waals surface area contributed by atoms with Crippen molar-refractivity contribution in [2.24, 2.45) is 5.92 Å². The molecular weight excluding hydrogens is 420 g/mol. The summed E-state index contributed by atoms with van der Waals surface area (Å²) in [5.41, 5.74) is 2.07. The normalized spacial score (nSPS) is 13.9. The molecule has 1 amide bonds. The number of para-hydroxylation sites is 1. The molecule has 0 unspecified atom stereocenters. The van der Waals surface area contributed by atoms with E-state index in [0.29, 0.717) is 23.6 Å². The van der Waals surface area contributed by atoms with E-state index in [1.807, 2.05) is 49.4 Å². The lowest BCUT2D eigenvalue weighted by Gasteiger charge is -2.32. The van der Waals surface area contributed by atoms with E-state index in [1.165, 1.54) is 12.4 Å². The Bertz CT molecular complexity index is 1060. The fourth-order valence-corrected chi connectivity index (χ4v) is 3.67. The minimum absolute atomic E-state index is 0.0218. The first-order valence-electron chi connectivity index (χ1n) is 11.0. The molecule has 4 rings (SSSR count). The molecule has 1 aromatic heterocycles. The standard InChI is InChI=1S/C25H26N4O4/c1-2-32-24(31)18-12-14-29(15-13-18)21-10-8-20(9-11-21)28-23(30)19-16-26-25(27-17-19)33-22-6-4-3-5-7-22/h3-11,16-18H,2,12-15H2,1H3,(H,28,30). The van der Waals surface area contributed by atoms with Gasteiger partial charge < -0.3 is 19.7 Å². The third kappa shape index (κ3) is 5.85. The maximum absolute atomic E-state index is 12.5. The Kier molecular flexibility index (Phi) is 7.14. The fourth-order valence-electron chi connectivity index (χ4n) is 3.67. The molecule has 0 spiro atoms. The first kappa shape index (κ1) is 22.3. The predicted molar refractivity (Wildman–Crippen MR) is 125 cm³/mol. The first-order chi connectivity index (χ1) is 16.1. The second kappa shape index (κ2) is 10.6. The number of nitrogens with zero attached hydrogens (tertiary/aromatic N) is 3. The van der Waals surface area contributed by atoms with Crippen molar-refractivity contribution in [2.75, 3.05) is 29.9 Å². The van der Waals surface area contributed by atoms with Gasteiger partial charge in [0.25, 0.3) is 5.91 Å². The van der Waals surface area contributed by atoms with Crippen molar-refractivity contribution in [1.82, 2.24) is 9.97 Å². The van der Waals surface area contributed by atoms with E-state index in [0.717, 1.165) is 31.6 Å². The van der Waals surface area contributed by atoms with Gasteiger partial charge in [-0.05, 0) is 56.2 Å². The summed E-state index contributed by atoms with van der Waals surface area (Å²) in [7, 11) is 0. The Morgan fingerprint density at radius 2 is 1.67 bits per heavy atom. The maximum Gasteiger partial charge on any atom is 0.321 e. The van der Waals surface area contributed by atoms with E-state index in [1.54, 1.807) is 12.1 Å². The summed E-state index contributed by atoms with van der Waals surface area (Å²) in [5.74, 6) is 0.203. The van der Waals surface area contributed by atoms with Crippen LogP contribution in [0.2, 0.25) is 0 Å². The summed E-state index contributed by atoms with van der Waals surface area (Å²) in [5, 5.41) is 2.85. The molecule has 1 N–H and O–H groups in total. The van der Waals surface area contributed by atoms with Crippen LogP contribution in [0, 0.1) is 5.92 Å². The van der Waals surface area contributed by atoms with E-state index >= 15 is 0 Å². The highest BCUT2D eigenvalue weighted by atomic mass is 16.5. The second-order valence-electron chi connectivity index (χ2n) is 7.68. The van der Waals surface area contributed by atoms with E-state index in [4.69, 9.17) is 9.47 Å². The lowest BCUT2D eigenvalue weighted by Crippen LogP contribution is -2.36. The Morgan fingerprint density at radius 3 is 2.30 bits per heavy atom. The molecule has 0 radical (unpaired) electrons. The van der Waals surface area contributed by atoms with Crippen molar-refractivity contribution in [2.45, 2.75) is 19.8 Å². The smallest absolute Gasteiger partial charge is 0.321 e. The minimum Gasteiger partial charge on any atom is -0.466 e. The van der Waals surface area contributed by atoms with Crippen LogP contribution < -0.4 is 15.0 Å². The van der Waals surface area contributed by atoms with Crippen molar-refractivity contribution in [1.29, 1.82) is 0 Å². The summed E-state index contributed by atoms with van der Waals surface area (Å²) in [6.45, 7) is 3.84. The summed E-state index contributed by atoms with van der Waals surface area (Å²) in [6, 6.07) is 17.0. The van der Waals surface area contributed by atoms with Gasteiger partial charge in [0.05, 0.1) is 18.1 Å². The van der Waals surface area contributed by atoms with Crippen molar-refractivity contribution in [3.63, 3.8) is 0 Å². The predicted octanol–water partition coefficient (Wildman–Crippen LogP) is 4.30. The topological polar surface area (TPSA) is 93.7 Å². The highest BCUT2D eigenvalue weighted by Crippen LogP contribution is 2.25. The Balaban J connectivity index is 1.30. The van der Waals surface area contributed by atoms with E-state index in [9.17, 15) is 9.59 Å². The van der Waals surface area contributed by atoms with Gasteiger partial charge in [-0.1, -0.05) is 18.2 Å². The van der Waals surface area contributed by atoms with Gasteiger partial charge in [-0.25, -0.2) is 9.97 Å². The van der Waals surface area contributed by atoms with Gasteiger partial charge in [-0.15, -0.1) is 0 Å². The van der Waals surface area contributed by atoms with E-state index in [2.05, 4.69) is 20.2 Å². The number of ether oxygens (including phenoxy) is 2. The van der Waals surface area contributed by atoms with Gasteiger partial charge in [0.15, 0.2) is 0 Å². The third-order valence-electron chi connectivity index (χ3n) is 5.45. The summed E-state index contributed by atoms with van der Waals surface area (Å²) in [6.07, 6.45) is 4.42. The number of rotatable bonds is 7. The van der Waals surface area contributed by atoms with Crippen molar-refractivity contribution < 1.29 is 19.1 Å². The molecule has 1 saturated heterocycles. The largest absolute Gasteiger partial charge is 0.466 e. The molecule has 1 aliphatic rings. The molecule has 2 heterocycles. The van der Waals surface area contributed by atoms with Crippen LogP contribution in [0.1, 0.15) is 30.1 Å². The van der Waals surface area contributed by atoms with Gasteiger partial charge >= 0.3 is 12.0 Å². The van der Waals surface area contributed by atoms with Crippen molar-refractivity contribution in [3.05, 3.63) is 72.6 Å². The van der Waals surface area contributed by atoms with Gasteiger partial charge in [0.2, 0.25) is 0 Å². The molecule has 1 aliphatic heterocycles. The van der Waals surface area contributed by atoms with Crippen LogP contribution in [0.25, 0.3) is 0 Å². The molecule has 0 atom stereocenters. The number of anilines is 2. The van der Waals surface area contributed by atoms with E-state index < -0.39 is 0 Å². The van der Waals surface area contributed by atoms with Crippen LogP contribution in [0.4, 0.5) is 11.4 Å². The molecule has 170 valence electrons. The number of nitrogens with one attached hydrogen (secondary N) is 1. The third-order valence-corrected chi connectivity index (χ3v) is 5.45. The van der Waals surface area contributed by atoms with Crippen LogP contribution in [0.3, 0.4) is 0 Å². The van der Waals surface area contributed by atoms with Crippen molar-refractivity contribution >= 4 is 23.3 Å². The molecule has 0 aliphatic carbocycles. The van der Waals surface area contributed by atoms with Crippen LogP contribution in [0.15, 0.2) is 67.0 Å². The molecule has 8 nitrogen and oxygen atoms in total. The number of hydrogen-bond donors (Lipinski definition) is 1. The van der Waals surface area contributed by atoms with Crippen LogP contribution >= 0.6 is 0 Å². The van der Waals surface area contributed by atoms with Gasteiger partial charge in [0, 0.05) is 36.9 Å². The molecule has 0 bridgehead atoms. The molecule has 1 fully saturated rings. The molecule has 3 aromatic rings. The summed E-state index contributed by atoms with van der Waals surface area (Å²) < 4.78 is 10.7. The van der Waals surface area contributed by atoms with Gasteiger partial charge in [-0.2, -0.15) is 0 Å². The summed E-state index contributed by atoms with van der Waals surface area (Å²) >= 11 is 0. The number of carbonyl (C=O) groups excluding carboxylic acids is 2. The zero-order chi connectivity index (χ0) is 23.0. The highest BCUT2D eigenvalue weighted by molar-refractivity contribution is 6.03. The fraction of sp³-hybridized carbons (Fsp3) is 0.280. The monoisotopic (exact) mass is 446 g/mol. The van der Waals surface area contributed by atoms with Crippen molar-refractivity contribution in [3.8, 4) is 11.8 Å². The summed E-state index contributed by atoms with van der Waals surface area (Å²) in [4.78, 5) is 34.9. The lowest BCUT2D eigenvalue weighted by molar-refractivity contribution is -0.148. The SMILES string of the molecule is CCOC(=O)C1CCN(c2ccc(NC(=O)c3cnc(Oc4ccccc4)nc3)cc2)CC1. The molecule has 0 saturated carbocycles. The molecule has 2 aromatic carbocycles. The Labute approximate surface area is 192 Å². The number of aromatic nitrogens is 2. The number of benzene rings is 2. The zero-order valence-corrected chi connectivity index (χ0v) is 18.4. The average Bonchev–Trinajstić information content (AvgIpc) is 2.86. The van der Waals surface area contributed by atoms with Gasteiger partial charge in [-0.3, -0.25) is 9.59 Å². The Morgan fingerprint density at radius 1 is 1.00 bits per heavy atom. The van der Waals surface area contributed by atoms with Crippen LogP contribution in [-0.2, 0) is 9.53 Å². The Hall–Kier alpha value is -3.94. The maximum atomic E-state index is 12.5. The highest BCUT2D eigenvalue weighted by Gasteiger charge is 2.26. The number of esters is 1. The first-order valence-corrected chi connectivity index (χ1v) is 11.0. The molecule has 33 heavy (non-hydrogen) atoms. The van der Waals surface area contributed by atoms with Gasteiger partial charge in [0.1, 0.15) is 5.75 Å². The number of carbonyl (C=O) groups is 2. The molecule has 8 heteroatoms. The van der Waals surface area contributed by atoms with E-state index in [-0.39, 0.29) is 23.8 Å². The van der Waals surface area contributed by atoms with Crippen LogP contribution in [0.5, 0.6) is 11.8 Å². The second-order valence-corrected chi connectivity index (χ2v) is 7.68. The number of amides is 1. The molecular formula is C25H26N4O4. The number of hydrogen-bond acceptors (Lipinski definition) is 7.